The average molecular weight is 226 g/mol. The first kappa shape index (κ1) is 14.0. The van der Waals surface area contributed by atoms with Crippen molar-refractivity contribution in [3.63, 3.8) is 0 Å². The largest absolute Gasteiger partial charge is 0.313 e. The summed E-state index contributed by atoms with van der Waals surface area (Å²) in [5.74, 6) is 0.787. The molecular weight excluding hydrogens is 196 g/mol. The first-order valence-corrected chi connectivity index (χ1v) is 7.11. The summed E-state index contributed by atoms with van der Waals surface area (Å²) in [5, 5.41) is 3.53. The normalized spacial score (nSPS) is 19.9. The van der Waals surface area contributed by atoms with Gasteiger partial charge < -0.3 is 5.32 Å². The fraction of sp³-hybridized carbons (Fsp3) is 1.00. The average Bonchev–Trinajstić information content (AvgIpc) is 2.68. The Labute approximate surface area is 102 Å². The van der Waals surface area contributed by atoms with Crippen LogP contribution in [0.2, 0.25) is 0 Å². The van der Waals surface area contributed by atoms with Gasteiger partial charge in [-0.1, -0.05) is 33.6 Å². The van der Waals surface area contributed by atoms with Crippen LogP contribution in [-0.2, 0) is 0 Å². The lowest BCUT2D eigenvalue weighted by molar-refractivity contribution is 0.162. The fourth-order valence-electron chi connectivity index (χ4n) is 2.88. The number of likely N-dealkylation sites (N-methyl/N-ethyl adjacent to an activating group) is 1. The molecule has 0 spiro atoms. The highest BCUT2D eigenvalue weighted by molar-refractivity contribution is 4.80. The number of rotatable bonds is 7. The Hall–Kier alpha value is -0.0800. The molecule has 0 saturated heterocycles. The third kappa shape index (κ3) is 4.84. The number of hydrogen-bond donors (Lipinski definition) is 1. The Bertz CT molecular complexity index is 174. The van der Waals surface area contributed by atoms with Crippen molar-refractivity contribution in [3.8, 4) is 0 Å². The van der Waals surface area contributed by atoms with E-state index in [9.17, 15) is 0 Å². The molecule has 1 aliphatic carbocycles. The molecule has 0 aliphatic heterocycles. The third-order valence-corrected chi connectivity index (χ3v) is 3.50. The molecule has 1 N–H and O–H groups in total. The van der Waals surface area contributed by atoms with Gasteiger partial charge in [0.2, 0.25) is 0 Å². The van der Waals surface area contributed by atoms with Gasteiger partial charge in [-0.25, -0.2) is 0 Å². The summed E-state index contributed by atoms with van der Waals surface area (Å²) in [4.78, 5) is 2.73. The van der Waals surface area contributed by atoms with Crippen LogP contribution in [0.5, 0.6) is 0 Å². The van der Waals surface area contributed by atoms with E-state index in [4.69, 9.17) is 0 Å². The number of nitrogens with one attached hydrogen (secondary N) is 1. The lowest BCUT2D eigenvalue weighted by Crippen LogP contribution is -2.44. The second-order valence-electron chi connectivity index (χ2n) is 5.74. The van der Waals surface area contributed by atoms with Gasteiger partial charge in [-0.05, 0) is 32.2 Å². The molecule has 16 heavy (non-hydrogen) atoms. The van der Waals surface area contributed by atoms with Crippen LogP contribution in [0.3, 0.4) is 0 Å². The molecule has 0 aromatic heterocycles. The van der Waals surface area contributed by atoms with Crippen LogP contribution in [0, 0.1) is 5.92 Å². The van der Waals surface area contributed by atoms with Gasteiger partial charge in [-0.3, -0.25) is 4.90 Å². The molecule has 0 aromatic rings. The van der Waals surface area contributed by atoms with Crippen molar-refractivity contribution < 1.29 is 0 Å². The summed E-state index contributed by atoms with van der Waals surface area (Å²) >= 11 is 0. The Balaban J connectivity index is 2.42. The number of hydrogen-bond acceptors (Lipinski definition) is 2. The summed E-state index contributed by atoms with van der Waals surface area (Å²) in [6, 6.07) is 1.49. The Morgan fingerprint density at radius 2 is 1.75 bits per heavy atom. The van der Waals surface area contributed by atoms with Gasteiger partial charge in [0.25, 0.3) is 0 Å². The van der Waals surface area contributed by atoms with E-state index in [0.717, 1.165) is 18.5 Å². The minimum atomic E-state index is 0.629. The lowest BCUT2D eigenvalue weighted by Gasteiger charge is -2.32. The van der Waals surface area contributed by atoms with E-state index in [0.29, 0.717) is 6.04 Å². The van der Waals surface area contributed by atoms with E-state index in [1.54, 1.807) is 0 Å². The van der Waals surface area contributed by atoms with E-state index < -0.39 is 0 Å². The second kappa shape index (κ2) is 7.29. The molecular formula is C14H30N2. The maximum atomic E-state index is 3.53. The van der Waals surface area contributed by atoms with Gasteiger partial charge in [0.05, 0.1) is 0 Å². The molecule has 1 fully saturated rings. The van der Waals surface area contributed by atoms with Crippen LogP contribution >= 0.6 is 0 Å². The molecule has 0 bridgehead atoms. The standard InChI is InChI=1S/C14H30N2/c1-5-15-13(4)11-16(10-12(2)3)14-8-6-7-9-14/h12-15H,5-11H2,1-4H3. The van der Waals surface area contributed by atoms with Gasteiger partial charge in [0.15, 0.2) is 0 Å². The summed E-state index contributed by atoms with van der Waals surface area (Å²) < 4.78 is 0. The molecule has 0 aromatic carbocycles. The van der Waals surface area contributed by atoms with Crippen molar-refractivity contribution in [1.82, 2.24) is 10.2 Å². The van der Waals surface area contributed by atoms with E-state index >= 15 is 0 Å². The van der Waals surface area contributed by atoms with Crippen LogP contribution in [-0.4, -0.2) is 36.6 Å². The van der Waals surface area contributed by atoms with E-state index in [-0.39, 0.29) is 0 Å². The summed E-state index contributed by atoms with van der Waals surface area (Å²) in [5.41, 5.74) is 0. The van der Waals surface area contributed by atoms with Crippen molar-refractivity contribution in [1.29, 1.82) is 0 Å². The summed E-state index contributed by atoms with van der Waals surface area (Å²) in [6.45, 7) is 12.7. The molecule has 1 rings (SSSR count). The van der Waals surface area contributed by atoms with Gasteiger partial charge in [-0.2, -0.15) is 0 Å². The molecule has 1 saturated carbocycles. The van der Waals surface area contributed by atoms with Gasteiger partial charge in [0.1, 0.15) is 0 Å². The van der Waals surface area contributed by atoms with Crippen LogP contribution in [0.4, 0.5) is 0 Å². The predicted octanol–water partition coefficient (Wildman–Crippen LogP) is 2.89. The SMILES string of the molecule is CCNC(C)CN(CC(C)C)C1CCCC1. The van der Waals surface area contributed by atoms with Crippen LogP contribution in [0.25, 0.3) is 0 Å². The fourth-order valence-corrected chi connectivity index (χ4v) is 2.88. The molecule has 0 heterocycles. The van der Waals surface area contributed by atoms with Crippen molar-refractivity contribution in [2.75, 3.05) is 19.6 Å². The van der Waals surface area contributed by atoms with Crippen molar-refractivity contribution in [2.45, 2.75) is 65.5 Å². The third-order valence-electron chi connectivity index (χ3n) is 3.50. The van der Waals surface area contributed by atoms with Crippen molar-refractivity contribution >= 4 is 0 Å². The van der Waals surface area contributed by atoms with Crippen molar-refractivity contribution in [2.24, 2.45) is 5.92 Å². The molecule has 1 atom stereocenters. The minimum Gasteiger partial charge on any atom is -0.313 e. The van der Waals surface area contributed by atoms with Crippen LogP contribution < -0.4 is 5.32 Å². The molecule has 0 radical (unpaired) electrons. The van der Waals surface area contributed by atoms with Crippen LogP contribution in [0.15, 0.2) is 0 Å². The number of nitrogens with zero attached hydrogens (tertiary/aromatic N) is 1. The molecule has 2 heteroatoms. The summed E-state index contributed by atoms with van der Waals surface area (Å²) in [6.07, 6.45) is 5.72. The second-order valence-corrected chi connectivity index (χ2v) is 5.74. The monoisotopic (exact) mass is 226 g/mol. The smallest absolute Gasteiger partial charge is 0.0166 e. The molecule has 0 amide bonds. The maximum absolute atomic E-state index is 3.53. The highest BCUT2D eigenvalue weighted by Crippen LogP contribution is 2.24. The molecule has 1 aliphatic rings. The van der Waals surface area contributed by atoms with E-state index in [1.165, 1.54) is 38.8 Å². The minimum absolute atomic E-state index is 0.629. The zero-order valence-electron chi connectivity index (χ0n) is 11.6. The van der Waals surface area contributed by atoms with Gasteiger partial charge in [0, 0.05) is 25.2 Å². The molecule has 96 valence electrons. The zero-order valence-corrected chi connectivity index (χ0v) is 11.6. The summed E-state index contributed by atoms with van der Waals surface area (Å²) in [7, 11) is 0. The van der Waals surface area contributed by atoms with E-state index in [2.05, 4.69) is 37.9 Å². The Kier molecular flexibility index (Phi) is 6.37. The lowest BCUT2D eigenvalue weighted by atomic mass is 10.1. The predicted molar refractivity (Wildman–Crippen MR) is 71.8 cm³/mol. The molecule has 1 unspecified atom stereocenters. The van der Waals surface area contributed by atoms with Gasteiger partial charge >= 0.3 is 0 Å². The maximum Gasteiger partial charge on any atom is 0.0166 e. The van der Waals surface area contributed by atoms with Crippen molar-refractivity contribution in [3.05, 3.63) is 0 Å². The Morgan fingerprint density at radius 3 is 2.25 bits per heavy atom. The van der Waals surface area contributed by atoms with Gasteiger partial charge in [-0.15, -0.1) is 0 Å². The highest BCUT2D eigenvalue weighted by Gasteiger charge is 2.23. The highest BCUT2D eigenvalue weighted by atomic mass is 15.2. The first-order valence-electron chi connectivity index (χ1n) is 7.11. The van der Waals surface area contributed by atoms with E-state index in [1.807, 2.05) is 0 Å². The Morgan fingerprint density at radius 1 is 1.12 bits per heavy atom. The first-order chi connectivity index (χ1) is 7.63. The molecule has 2 nitrogen and oxygen atoms in total. The quantitative estimate of drug-likeness (QED) is 0.718. The van der Waals surface area contributed by atoms with Crippen LogP contribution in [0.1, 0.15) is 53.4 Å². The zero-order chi connectivity index (χ0) is 12.0. The topological polar surface area (TPSA) is 15.3 Å².